The number of aliphatic imine (C=N–C) groups is 1. The molecule has 162 valence electrons. The Morgan fingerprint density at radius 2 is 1.66 bits per heavy atom. The fourth-order valence-corrected chi connectivity index (χ4v) is 5.40. The van der Waals surface area contributed by atoms with Gasteiger partial charge in [0.2, 0.25) is 0 Å². The fourth-order valence-electron chi connectivity index (χ4n) is 4.84. The van der Waals surface area contributed by atoms with E-state index >= 15 is 0 Å². The second kappa shape index (κ2) is 11.3. The highest BCUT2D eigenvalue weighted by Gasteiger charge is 2.26. The Hall–Kier alpha value is -1.20. The van der Waals surface area contributed by atoms with Gasteiger partial charge in [-0.25, -0.2) is 4.99 Å². The normalized spacial score (nSPS) is 28.4. The third-order valence-electron chi connectivity index (χ3n) is 6.47. The molecule has 0 heterocycles. The Balaban J connectivity index is 1.55. The summed E-state index contributed by atoms with van der Waals surface area (Å²) in [5.41, 5.74) is 7.21. The summed E-state index contributed by atoms with van der Waals surface area (Å²) < 4.78 is 0. The lowest BCUT2D eigenvalue weighted by molar-refractivity contribution is 0.226. The molecule has 2 fully saturated rings. The van der Waals surface area contributed by atoms with Crippen LogP contribution in [0.4, 0.5) is 5.69 Å². The summed E-state index contributed by atoms with van der Waals surface area (Å²) in [6.07, 6.45) is 13.8. The topological polar surface area (TPSA) is 62.4 Å². The van der Waals surface area contributed by atoms with E-state index in [9.17, 15) is 0 Å². The summed E-state index contributed by atoms with van der Waals surface area (Å²) in [4.78, 5) is 6.36. The summed E-state index contributed by atoms with van der Waals surface area (Å²) in [6.45, 7) is 4.34. The van der Waals surface area contributed by atoms with E-state index in [1.54, 1.807) is 11.8 Å². The number of anilines is 1. The van der Waals surface area contributed by atoms with Crippen molar-refractivity contribution in [2.75, 3.05) is 11.6 Å². The Morgan fingerprint density at radius 1 is 1.03 bits per heavy atom. The van der Waals surface area contributed by atoms with Crippen LogP contribution in [0.3, 0.4) is 0 Å². The van der Waals surface area contributed by atoms with Crippen LogP contribution in [0.15, 0.2) is 34.2 Å². The van der Waals surface area contributed by atoms with Gasteiger partial charge < -0.3 is 16.4 Å². The molecule has 0 atom stereocenters. The van der Waals surface area contributed by atoms with E-state index in [0.29, 0.717) is 18.1 Å². The molecule has 0 bridgehead atoms. The van der Waals surface area contributed by atoms with Crippen molar-refractivity contribution in [2.24, 2.45) is 22.6 Å². The number of para-hydroxylation sites is 1. The van der Waals surface area contributed by atoms with Gasteiger partial charge >= 0.3 is 0 Å². The first-order chi connectivity index (χ1) is 14.0. The molecular weight excluding hydrogens is 376 g/mol. The number of thioether (sulfide) groups is 1. The highest BCUT2D eigenvalue weighted by atomic mass is 32.2. The van der Waals surface area contributed by atoms with Crippen LogP contribution in [-0.4, -0.2) is 30.3 Å². The van der Waals surface area contributed by atoms with Crippen LogP contribution in [-0.2, 0) is 0 Å². The van der Waals surface area contributed by atoms with Crippen molar-refractivity contribution in [1.29, 1.82) is 0 Å². The summed E-state index contributed by atoms with van der Waals surface area (Å²) in [6, 6.07) is 9.72. The highest BCUT2D eigenvalue weighted by molar-refractivity contribution is 7.98. The van der Waals surface area contributed by atoms with Crippen LogP contribution in [0.25, 0.3) is 0 Å². The second-order valence-electron chi connectivity index (χ2n) is 9.29. The number of nitrogens with two attached hydrogens (primary N) is 1. The van der Waals surface area contributed by atoms with Gasteiger partial charge in [-0.05, 0) is 102 Å². The summed E-state index contributed by atoms with van der Waals surface area (Å²) >= 11 is 1.77. The number of nitrogens with one attached hydrogen (secondary N) is 2. The van der Waals surface area contributed by atoms with E-state index in [-0.39, 0.29) is 0 Å². The molecule has 0 radical (unpaired) electrons. The highest BCUT2D eigenvalue weighted by Crippen LogP contribution is 2.36. The van der Waals surface area contributed by atoms with Crippen LogP contribution in [0.2, 0.25) is 0 Å². The smallest absolute Gasteiger partial charge is 0.196 e. The second-order valence-corrected chi connectivity index (χ2v) is 10.1. The zero-order chi connectivity index (χ0) is 20.6. The van der Waals surface area contributed by atoms with Crippen LogP contribution in [0, 0.1) is 11.8 Å². The van der Waals surface area contributed by atoms with Crippen molar-refractivity contribution in [3.8, 4) is 0 Å². The molecule has 2 saturated carbocycles. The molecule has 0 spiro atoms. The van der Waals surface area contributed by atoms with Crippen LogP contribution in [0.5, 0.6) is 0 Å². The third kappa shape index (κ3) is 7.21. The number of benzene rings is 1. The van der Waals surface area contributed by atoms with E-state index in [4.69, 9.17) is 10.7 Å². The van der Waals surface area contributed by atoms with Crippen molar-refractivity contribution >= 4 is 23.4 Å². The number of guanidine groups is 1. The monoisotopic (exact) mass is 416 g/mol. The Kier molecular flexibility index (Phi) is 8.73. The van der Waals surface area contributed by atoms with Crippen molar-refractivity contribution in [3.63, 3.8) is 0 Å². The maximum absolute atomic E-state index is 6.07. The van der Waals surface area contributed by atoms with Crippen molar-refractivity contribution < 1.29 is 0 Å². The maximum atomic E-state index is 6.07. The maximum Gasteiger partial charge on any atom is 0.196 e. The van der Waals surface area contributed by atoms with Gasteiger partial charge in [-0.1, -0.05) is 12.1 Å². The fraction of sp³-hybridized carbons (Fsp3) is 0.708. The van der Waals surface area contributed by atoms with E-state index < -0.39 is 0 Å². The number of nitrogens with zero attached hydrogens (tertiary/aromatic N) is 1. The SMILES string of the molecule is CSc1ccccc1NC(=NC1CCC(CC2CCC(N)CC2)CC1)NC(C)C. The van der Waals surface area contributed by atoms with Crippen molar-refractivity contribution in [1.82, 2.24) is 5.32 Å². The molecule has 0 aromatic heterocycles. The molecule has 4 N–H and O–H groups in total. The lowest BCUT2D eigenvalue weighted by Gasteiger charge is -2.32. The first-order valence-corrected chi connectivity index (χ1v) is 12.8. The molecule has 0 amide bonds. The minimum atomic E-state index is 0.358. The Labute approximate surface area is 181 Å². The van der Waals surface area contributed by atoms with Gasteiger partial charge in [-0.3, -0.25) is 0 Å². The van der Waals surface area contributed by atoms with Crippen LogP contribution < -0.4 is 16.4 Å². The van der Waals surface area contributed by atoms with E-state index in [1.807, 2.05) is 0 Å². The van der Waals surface area contributed by atoms with Gasteiger partial charge in [0.25, 0.3) is 0 Å². The van der Waals surface area contributed by atoms with Gasteiger partial charge in [-0.15, -0.1) is 11.8 Å². The third-order valence-corrected chi connectivity index (χ3v) is 7.27. The standard InChI is InChI=1S/C24H40N4S/c1-17(2)26-24(28-22-6-4-5-7-23(22)29-3)27-21-14-10-19(11-15-21)16-18-8-12-20(25)13-9-18/h4-7,17-21H,8-16,25H2,1-3H3,(H2,26,27,28). The van der Waals surface area contributed by atoms with Crippen molar-refractivity contribution in [3.05, 3.63) is 24.3 Å². The number of rotatable bonds is 6. The van der Waals surface area contributed by atoms with Crippen LogP contribution in [0.1, 0.15) is 71.6 Å². The van der Waals surface area contributed by atoms with E-state index in [2.05, 4.69) is 55.0 Å². The molecule has 0 saturated heterocycles. The van der Waals surface area contributed by atoms with E-state index in [1.165, 1.54) is 62.7 Å². The zero-order valence-electron chi connectivity index (χ0n) is 18.5. The minimum Gasteiger partial charge on any atom is -0.354 e. The number of hydrogen-bond donors (Lipinski definition) is 3. The molecular formula is C24H40N4S. The minimum absolute atomic E-state index is 0.358. The van der Waals surface area contributed by atoms with Gasteiger partial charge in [0.05, 0.1) is 11.7 Å². The molecule has 0 aliphatic heterocycles. The quantitative estimate of drug-likeness (QED) is 0.319. The Morgan fingerprint density at radius 3 is 2.28 bits per heavy atom. The van der Waals surface area contributed by atoms with Gasteiger partial charge in [0.1, 0.15) is 0 Å². The van der Waals surface area contributed by atoms with Gasteiger partial charge in [-0.2, -0.15) is 0 Å². The lowest BCUT2D eigenvalue weighted by Crippen LogP contribution is -2.37. The molecule has 5 heteroatoms. The first-order valence-electron chi connectivity index (χ1n) is 11.5. The molecule has 1 aromatic carbocycles. The molecule has 29 heavy (non-hydrogen) atoms. The number of hydrogen-bond acceptors (Lipinski definition) is 3. The predicted octanol–water partition coefficient (Wildman–Crippen LogP) is 5.64. The van der Waals surface area contributed by atoms with Gasteiger partial charge in [0.15, 0.2) is 5.96 Å². The zero-order valence-corrected chi connectivity index (χ0v) is 19.3. The molecule has 3 rings (SSSR count). The average molecular weight is 417 g/mol. The molecule has 1 aromatic rings. The predicted molar refractivity (Wildman–Crippen MR) is 128 cm³/mol. The largest absolute Gasteiger partial charge is 0.354 e. The Bertz CT molecular complexity index is 644. The van der Waals surface area contributed by atoms with Crippen molar-refractivity contribution in [2.45, 2.75) is 94.7 Å². The molecule has 0 unspecified atom stereocenters. The summed E-state index contributed by atoms with van der Waals surface area (Å²) in [5, 5.41) is 7.09. The summed E-state index contributed by atoms with van der Waals surface area (Å²) in [7, 11) is 0. The molecule has 2 aliphatic carbocycles. The summed E-state index contributed by atoms with van der Waals surface area (Å²) in [5.74, 6) is 2.74. The average Bonchev–Trinajstić information content (AvgIpc) is 2.71. The van der Waals surface area contributed by atoms with E-state index in [0.717, 1.165) is 23.5 Å². The molecule has 2 aliphatic rings. The lowest BCUT2D eigenvalue weighted by atomic mass is 9.76. The first kappa shape index (κ1) is 22.5. The molecule has 4 nitrogen and oxygen atoms in total. The van der Waals surface area contributed by atoms with Crippen LogP contribution >= 0.6 is 11.8 Å². The van der Waals surface area contributed by atoms with Gasteiger partial charge in [0, 0.05) is 17.0 Å².